The first-order valence-electron chi connectivity index (χ1n) is 13.7. The molecule has 6 atom stereocenters. The van der Waals surface area contributed by atoms with Crippen LogP contribution in [0.15, 0.2) is 65.9 Å². The fraction of sp³-hybridized carbons (Fsp3) is 0.407. The molecule has 5 rings (SSSR count). The fourth-order valence-electron chi connectivity index (χ4n) is 4.69. The van der Waals surface area contributed by atoms with Crippen LogP contribution in [-0.2, 0) is 39.6 Å². The number of amides is 1. The number of fused-ring (bicyclic) bond motifs is 1. The van der Waals surface area contributed by atoms with Crippen LogP contribution in [0.2, 0.25) is 0 Å². The Morgan fingerprint density at radius 3 is 2.84 bits per heavy atom. The first-order valence-corrected chi connectivity index (χ1v) is 15.2. The number of esters is 1. The Bertz CT molecular complexity index is 1520. The summed E-state index contributed by atoms with van der Waals surface area (Å²) in [6.45, 7) is 2.09. The minimum Gasteiger partial charge on any atom is -0.460 e. The first kappa shape index (κ1) is 32.1. The molecular formula is C27H31N6O11P. The van der Waals surface area contributed by atoms with E-state index in [1.807, 2.05) is 6.07 Å². The molecule has 17 nitrogen and oxygen atoms in total. The van der Waals surface area contributed by atoms with Crippen LogP contribution in [0.5, 0.6) is 17.2 Å². The number of carbonyl (C=O) groups is 2. The summed E-state index contributed by atoms with van der Waals surface area (Å²) < 4.78 is 47.7. The van der Waals surface area contributed by atoms with Crippen molar-refractivity contribution < 1.29 is 52.1 Å². The van der Waals surface area contributed by atoms with Gasteiger partial charge < -0.3 is 33.5 Å². The Hall–Kier alpha value is -4.34. The third-order valence-electron chi connectivity index (χ3n) is 7.03. The third-order valence-corrected chi connectivity index (χ3v) is 8.67. The highest BCUT2D eigenvalue weighted by Crippen LogP contribution is 2.48. The number of hydrogen-bond acceptors (Lipinski definition) is 13. The van der Waals surface area contributed by atoms with E-state index in [9.17, 15) is 24.8 Å². The molecule has 18 heteroatoms. The molecule has 0 saturated carbocycles. The van der Waals surface area contributed by atoms with Crippen molar-refractivity contribution in [2.75, 3.05) is 20.1 Å². The van der Waals surface area contributed by atoms with Crippen LogP contribution in [-0.4, -0.2) is 72.0 Å². The number of aliphatic hydroxyl groups is 1. The van der Waals surface area contributed by atoms with Gasteiger partial charge in [0.25, 0.3) is 5.91 Å². The van der Waals surface area contributed by atoms with Crippen LogP contribution in [0.3, 0.4) is 0 Å². The Balaban J connectivity index is 1.33. The maximum atomic E-state index is 14.1. The lowest BCUT2D eigenvalue weighted by Gasteiger charge is -2.34. The minimum atomic E-state index is -4.42. The summed E-state index contributed by atoms with van der Waals surface area (Å²) in [7, 11) is -4.42. The van der Waals surface area contributed by atoms with E-state index in [1.165, 1.54) is 43.2 Å². The summed E-state index contributed by atoms with van der Waals surface area (Å²) in [5, 5.41) is 17.5. The summed E-state index contributed by atoms with van der Waals surface area (Å²) in [5.74, 6) is -0.406. The van der Waals surface area contributed by atoms with E-state index in [1.54, 1.807) is 30.3 Å². The van der Waals surface area contributed by atoms with Crippen LogP contribution < -0.4 is 24.6 Å². The molecule has 3 N–H and O–H groups in total. The van der Waals surface area contributed by atoms with Crippen LogP contribution in [0.25, 0.3) is 10.4 Å². The van der Waals surface area contributed by atoms with Gasteiger partial charge in [0.1, 0.15) is 43.0 Å². The highest BCUT2D eigenvalue weighted by atomic mass is 31.2. The molecule has 0 bridgehead atoms. The molecule has 3 aliphatic heterocycles. The lowest BCUT2D eigenvalue weighted by Crippen LogP contribution is -2.50. The first-order chi connectivity index (χ1) is 21.6. The van der Waals surface area contributed by atoms with Gasteiger partial charge >= 0.3 is 13.7 Å². The topological polar surface area (TPSA) is 212 Å². The Morgan fingerprint density at radius 2 is 2.07 bits per heavy atom. The Morgan fingerprint density at radius 1 is 1.29 bits per heavy atom. The number of benzene rings is 2. The second-order valence-corrected chi connectivity index (χ2v) is 12.0. The van der Waals surface area contributed by atoms with E-state index >= 15 is 0 Å². The fourth-order valence-corrected chi connectivity index (χ4v) is 6.19. The predicted molar refractivity (Wildman–Crippen MR) is 153 cm³/mol. The number of nitrogens with zero attached hydrogens (tertiary/aromatic N) is 4. The molecule has 240 valence electrons. The van der Waals surface area contributed by atoms with Gasteiger partial charge in [0.05, 0.1) is 12.7 Å². The number of ether oxygens (including phenoxy) is 4. The van der Waals surface area contributed by atoms with E-state index in [2.05, 4.69) is 20.6 Å². The lowest BCUT2D eigenvalue weighted by atomic mass is 9.93. The van der Waals surface area contributed by atoms with Crippen LogP contribution in [0, 0.1) is 0 Å². The summed E-state index contributed by atoms with van der Waals surface area (Å²) >= 11 is 0. The zero-order chi connectivity index (χ0) is 32.0. The van der Waals surface area contributed by atoms with Crippen molar-refractivity contribution in [2.45, 2.75) is 50.5 Å². The van der Waals surface area contributed by atoms with Gasteiger partial charge in [-0.1, -0.05) is 35.4 Å². The van der Waals surface area contributed by atoms with Gasteiger partial charge in [-0.05, 0) is 37.1 Å². The van der Waals surface area contributed by atoms with Crippen molar-refractivity contribution in [1.29, 1.82) is 0 Å². The number of aliphatic hydroxyl groups excluding tert-OH is 1. The van der Waals surface area contributed by atoms with Crippen molar-refractivity contribution in [3.63, 3.8) is 0 Å². The molecule has 0 aromatic heterocycles. The molecule has 45 heavy (non-hydrogen) atoms. The Kier molecular flexibility index (Phi) is 9.80. The van der Waals surface area contributed by atoms with Crippen molar-refractivity contribution >= 4 is 19.6 Å². The molecule has 1 unspecified atom stereocenters. The standard InChI is InChI=1S/C27H31N6O11P/c1-17(25(36)38-13-18-6-4-3-5-7-18)30-45(37,44-19-8-9-20-21(12-19)40-16-39-20)42-14-22-24(35)27(2,31-32-28)26(43-22)33-11-10-23(34)29-41-15-33/h3-12,17,22,24,26,35H,13-16H2,1-2H3,(H,29,34)(H,30,37)/t17-,22+,24+,26+,27+,45?/m0/s1. The largest absolute Gasteiger partial charge is 0.460 e. The van der Waals surface area contributed by atoms with Crippen molar-refractivity contribution in [3.8, 4) is 17.2 Å². The summed E-state index contributed by atoms with van der Waals surface area (Å²) in [6.07, 6.45) is -1.31. The third kappa shape index (κ3) is 7.49. The quantitative estimate of drug-likeness (QED) is 0.0996. The van der Waals surface area contributed by atoms with Gasteiger partial charge in [-0.3, -0.25) is 19.0 Å². The van der Waals surface area contributed by atoms with E-state index in [0.717, 1.165) is 5.56 Å². The number of rotatable bonds is 12. The second kappa shape index (κ2) is 13.7. The predicted octanol–water partition coefficient (Wildman–Crippen LogP) is 2.63. The van der Waals surface area contributed by atoms with Gasteiger partial charge in [-0.15, -0.1) is 0 Å². The number of nitrogens with one attached hydrogen (secondary N) is 2. The lowest BCUT2D eigenvalue weighted by molar-refractivity contribution is -0.146. The van der Waals surface area contributed by atoms with E-state index in [0.29, 0.717) is 11.5 Å². The maximum Gasteiger partial charge on any atom is 0.459 e. The Labute approximate surface area is 257 Å². The highest BCUT2D eigenvalue weighted by molar-refractivity contribution is 7.52. The van der Waals surface area contributed by atoms with Crippen LogP contribution in [0.4, 0.5) is 0 Å². The monoisotopic (exact) mass is 646 g/mol. The normalized spacial score (nSPS) is 25.8. The van der Waals surface area contributed by atoms with Crippen molar-refractivity contribution in [3.05, 3.63) is 76.8 Å². The molecule has 1 fully saturated rings. The SMILES string of the molecule is C[C@H](NP(=O)(OC[C@H]1O[C@@H](N2C=CC(=O)NOC2)[C@](C)(N=[N+]=[N-])[C@@H]1O)Oc1ccc2c(c1)OCO2)C(=O)OCc1ccccc1. The molecule has 0 spiro atoms. The zero-order valence-corrected chi connectivity index (χ0v) is 25.1. The number of hydrogen-bond donors (Lipinski definition) is 3. The van der Waals surface area contributed by atoms with Gasteiger partial charge in [-0.25, -0.2) is 10.0 Å². The molecule has 3 aliphatic rings. The molecular weight excluding hydrogens is 615 g/mol. The van der Waals surface area contributed by atoms with E-state index in [4.69, 9.17) is 32.8 Å². The number of hydroxylamine groups is 1. The van der Waals surface area contributed by atoms with Crippen LogP contribution in [0.1, 0.15) is 19.4 Å². The van der Waals surface area contributed by atoms with Gasteiger partial charge in [-0.2, -0.15) is 5.09 Å². The van der Waals surface area contributed by atoms with Crippen LogP contribution >= 0.6 is 7.75 Å². The molecule has 1 saturated heterocycles. The number of azide groups is 1. The van der Waals surface area contributed by atoms with E-state index < -0.39 is 56.2 Å². The number of carbonyl (C=O) groups excluding carboxylic acids is 2. The highest BCUT2D eigenvalue weighted by Gasteiger charge is 2.55. The van der Waals surface area contributed by atoms with Gasteiger partial charge in [0, 0.05) is 23.3 Å². The maximum absolute atomic E-state index is 14.1. The molecule has 1 amide bonds. The smallest absolute Gasteiger partial charge is 0.459 e. The van der Waals surface area contributed by atoms with Gasteiger partial charge in [0.15, 0.2) is 11.5 Å². The molecule has 2 aromatic carbocycles. The van der Waals surface area contributed by atoms with Crippen molar-refractivity contribution in [1.82, 2.24) is 15.5 Å². The zero-order valence-electron chi connectivity index (χ0n) is 24.2. The molecule has 0 aliphatic carbocycles. The summed E-state index contributed by atoms with van der Waals surface area (Å²) in [6, 6.07) is 12.3. The summed E-state index contributed by atoms with van der Waals surface area (Å²) in [5.41, 5.74) is 10.6. The van der Waals surface area contributed by atoms with Crippen molar-refractivity contribution in [2.24, 2.45) is 5.11 Å². The molecule has 3 heterocycles. The minimum absolute atomic E-state index is 0.00102. The summed E-state index contributed by atoms with van der Waals surface area (Å²) in [4.78, 5) is 33.9. The average Bonchev–Trinajstić information content (AvgIpc) is 3.50. The molecule has 2 aromatic rings. The second-order valence-electron chi connectivity index (χ2n) is 10.3. The van der Waals surface area contributed by atoms with E-state index in [-0.39, 0.29) is 25.9 Å². The molecule has 0 radical (unpaired) electrons. The van der Waals surface area contributed by atoms with Gasteiger partial charge in [0.2, 0.25) is 6.79 Å². The average molecular weight is 647 g/mol.